The largest absolute Gasteiger partial charge is 0.456 e. The number of rotatable bonds is 2. The first kappa shape index (κ1) is 15.9. The topological polar surface area (TPSA) is 46.6 Å². The maximum atomic E-state index is 12.9. The highest BCUT2D eigenvalue weighted by molar-refractivity contribution is 6.30. The van der Waals surface area contributed by atoms with Crippen molar-refractivity contribution in [3.05, 3.63) is 76.0 Å². The third-order valence-corrected chi connectivity index (χ3v) is 4.90. The summed E-state index contributed by atoms with van der Waals surface area (Å²) in [4.78, 5) is 26.9. The predicted octanol–water partition coefficient (Wildman–Crippen LogP) is 3.98. The molecule has 0 fully saturated rings. The highest BCUT2D eigenvalue weighted by Gasteiger charge is 2.42. The molecule has 5 heteroatoms. The summed E-state index contributed by atoms with van der Waals surface area (Å²) in [6, 6.07) is 14.9. The number of cyclic esters (lactones) is 1. The molecule has 2 heterocycles. The van der Waals surface area contributed by atoms with Gasteiger partial charge in [-0.3, -0.25) is 9.69 Å². The summed E-state index contributed by atoms with van der Waals surface area (Å²) in [5.74, 6) is -0.653. The monoisotopic (exact) mass is 353 g/mol. The highest BCUT2D eigenvalue weighted by atomic mass is 35.5. The molecule has 2 aromatic rings. The minimum Gasteiger partial charge on any atom is -0.456 e. The molecule has 0 spiro atoms. The smallest absolute Gasteiger partial charge is 0.336 e. The summed E-state index contributed by atoms with van der Waals surface area (Å²) >= 11 is 5.95. The minimum atomic E-state index is -0.340. The molecule has 2 aromatic carbocycles. The number of hydrogen-bond donors (Lipinski definition) is 0. The lowest BCUT2D eigenvalue weighted by Gasteiger charge is -2.32. The highest BCUT2D eigenvalue weighted by Crippen LogP contribution is 2.42. The maximum Gasteiger partial charge on any atom is 0.336 e. The van der Waals surface area contributed by atoms with E-state index in [2.05, 4.69) is 0 Å². The fourth-order valence-electron chi connectivity index (χ4n) is 3.52. The lowest BCUT2D eigenvalue weighted by Crippen LogP contribution is -2.37. The van der Waals surface area contributed by atoms with Gasteiger partial charge in [-0.25, -0.2) is 4.79 Å². The lowest BCUT2D eigenvalue weighted by molar-refractivity contribution is -0.136. The molecule has 0 bridgehead atoms. The van der Waals surface area contributed by atoms with Gasteiger partial charge in [0.05, 0.1) is 11.3 Å². The van der Waals surface area contributed by atoms with Gasteiger partial charge >= 0.3 is 5.97 Å². The molecule has 4 nitrogen and oxygen atoms in total. The molecule has 0 saturated carbocycles. The van der Waals surface area contributed by atoms with Crippen LogP contribution in [-0.4, -0.2) is 18.5 Å². The molecule has 1 atom stereocenters. The van der Waals surface area contributed by atoms with E-state index in [-0.39, 0.29) is 30.8 Å². The van der Waals surface area contributed by atoms with E-state index in [4.69, 9.17) is 16.3 Å². The first-order chi connectivity index (χ1) is 12.0. The second kappa shape index (κ2) is 6.05. The fourth-order valence-corrected chi connectivity index (χ4v) is 3.64. The zero-order valence-corrected chi connectivity index (χ0v) is 14.4. The van der Waals surface area contributed by atoms with Crippen molar-refractivity contribution in [1.82, 2.24) is 0 Å². The summed E-state index contributed by atoms with van der Waals surface area (Å²) in [6.07, 6.45) is 0.236. The van der Waals surface area contributed by atoms with Crippen LogP contribution in [0.25, 0.3) is 0 Å². The summed E-state index contributed by atoms with van der Waals surface area (Å²) in [5.41, 5.74) is 3.98. The van der Waals surface area contributed by atoms with Gasteiger partial charge in [0.25, 0.3) is 0 Å². The second-order valence-electron chi connectivity index (χ2n) is 6.31. The van der Waals surface area contributed by atoms with Crippen LogP contribution in [0, 0.1) is 6.92 Å². The first-order valence-electron chi connectivity index (χ1n) is 8.10. The molecular formula is C20H16ClNO3. The van der Waals surface area contributed by atoms with E-state index < -0.39 is 0 Å². The average Bonchev–Trinajstić information content (AvgIpc) is 2.97. The Morgan fingerprint density at radius 3 is 2.60 bits per heavy atom. The van der Waals surface area contributed by atoms with Gasteiger partial charge in [-0.2, -0.15) is 0 Å². The Labute approximate surface area is 150 Å². The van der Waals surface area contributed by atoms with Crippen LogP contribution in [0.5, 0.6) is 0 Å². The zero-order chi connectivity index (χ0) is 17.6. The number of benzene rings is 2. The Bertz CT molecular complexity index is 901. The third kappa shape index (κ3) is 2.72. The number of halogens is 1. The van der Waals surface area contributed by atoms with Crippen molar-refractivity contribution >= 4 is 29.2 Å². The molecular weight excluding hydrogens is 338 g/mol. The van der Waals surface area contributed by atoms with E-state index >= 15 is 0 Å². The van der Waals surface area contributed by atoms with Crippen LogP contribution in [0.2, 0.25) is 5.02 Å². The number of carbonyl (C=O) groups excluding carboxylic acids is 2. The van der Waals surface area contributed by atoms with Crippen molar-refractivity contribution in [2.24, 2.45) is 0 Å². The van der Waals surface area contributed by atoms with E-state index in [1.54, 1.807) is 29.2 Å². The number of amides is 1. The van der Waals surface area contributed by atoms with Crippen molar-refractivity contribution in [2.45, 2.75) is 19.3 Å². The predicted molar refractivity (Wildman–Crippen MR) is 95.5 cm³/mol. The van der Waals surface area contributed by atoms with E-state index in [0.717, 1.165) is 11.1 Å². The van der Waals surface area contributed by atoms with E-state index in [9.17, 15) is 9.59 Å². The first-order valence-corrected chi connectivity index (χ1v) is 8.47. The second-order valence-corrected chi connectivity index (χ2v) is 6.75. The molecule has 0 aromatic heterocycles. The lowest BCUT2D eigenvalue weighted by atomic mass is 9.83. The Morgan fingerprint density at radius 2 is 1.88 bits per heavy atom. The number of aryl methyl sites for hydroxylation is 1. The number of nitrogens with zero attached hydrogens (tertiary/aromatic N) is 1. The third-order valence-electron chi connectivity index (χ3n) is 4.65. The number of ether oxygens (including phenoxy) is 1. The van der Waals surface area contributed by atoms with Gasteiger partial charge in [-0.1, -0.05) is 41.4 Å². The van der Waals surface area contributed by atoms with Crippen LogP contribution >= 0.6 is 11.6 Å². The number of anilines is 1. The SMILES string of the molecule is Cc1cccc(C2CC(=O)N(c3ccc(Cl)cc3)C3=C2C(=O)OC3)c1. The quantitative estimate of drug-likeness (QED) is 0.767. The van der Waals surface area contributed by atoms with Gasteiger partial charge in [-0.05, 0) is 36.8 Å². The molecule has 4 rings (SSSR count). The zero-order valence-electron chi connectivity index (χ0n) is 13.7. The summed E-state index contributed by atoms with van der Waals surface area (Å²) in [5, 5.41) is 0.596. The fraction of sp³-hybridized carbons (Fsp3) is 0.200. The Balaban J connectivity index is 1.83. The van der Waals surface area contributed by atoms with Gasteiger partial charge in [-0.15, -0.1) is 0 Å². The standard InChI is InChI=1S/C20H16ClNO3/c1-12-3-2-4-13(9-12)16-10-18(23)22(15-7-5-14(21)6-8-15)17-11-25-20(24)19(16)17/h2-9,16H,10-11H2,1H3. The number of carbonyl (C=O) groups is 2. The van der Waals surface area contributed by atoms with Crippen LogP contribution in [0.15, 0.2) is 59.8 Å². The van der Waals surface area contributed by atoms with Crippen LogP contribution in [0.3, 0.4) is 0 Å². The van der Waals surface area contributed by atoms with Gasteiger partial charge in [0.1, 0.15) is 6.61 Å². The van der Waals surface area contributed by atoms with Crippen molar-refractivity contribution < 1.29 is 14.3 Å². The van der Waals surface area contributed by atoms with Gasteiger partial charge in [0.2, 0.25) is 5.91 Å². The van der Waals surface area contributed by atoms with Crippen molar-refractivity contribution in [3.8, 4) is 0 Å². The Kier molecular flexibility index (Phi) is 3.85. The molecule has 2 aliphatic rings. The molecule has 0 saturated heterocycles. The van der Waals surface area contributed by atoms with Crippen molar-refractivity contribution in [2.75, 3.05) is 11.5 Å². The van der Waals surface area contributed by atoms with Gasteiger partial charge in [0.15, 0.2) is 0 Å². The van der Waals surface area contributed by atoms with Crippen LogP contribution < -0.4 is 4.90 Å². The van der Waals surface area contributed by atoms with E-state index in [1.807, 2.05) is 31.2 Å². The van der Waals surface area contributed by atoms with E-state index in [1.165, 1.54) is 0 Å². The maximum absolute atomic E-state index is 12.9. The summed E-state index contributed by atoms with van der Waals surface area (Å²) < 4.78 is 5.27. The van der Waals surface area contributed by atoms with E-state index in [0.29, 0.717) is 22.0 Å². The molecule has 2 aliphatic heterocycles. The normalized spacial score (nSPS) is 19.9. The van der Waals surface area contributed by atoms with Crippen LogP contribution in [-0.2, 0) is 14.3 Å². The Morgan fingerprint density at radius 1 is 1.12 bits per heavy atom. The minimum absolute atomic E-state index is 0.0501. The summed E-state index contributed by atoms with van der Waals surface area (Å²) in [6.45, 7) is 2.11. The molecule has 1 amide bonds. The molecule has 25 heavy (non-hydrogen) atoms. The van der Waals surface area contributed by atoms with Crippen molar-refractivity contribution in [3.63, 3.8) is 0 Å². The average molecular weight is 354 g/mol. The number of hydrogen-bond acceptors (Lipinski definition) is 3. The van der Waals surface area contributed by atoms with Crippen LogP contribution in [0.1, 0.15) is 23.5 Å². The van der Waals surface area contributed by atoms with Crippen LogP contribution in [0.4, 0.5) is 5.69 Å². The molecule has 126 valence electrons. The summed E-state index contributed by atoms with van der Waals surface area (Å²) in [7, 11) is 0. The van der Waals surface area contributed by atoms with Gasteiger partial charge < -0.3 is 4.74 Å². The molecule has 0 aliphatic carbocycles. The molecule has 0 radical (unpaired) electrons. The van der Waals surface area contributed by atoms with Crippen molar-refractivity contribution in [1.29, 1.82) is 0 Å². The number of esters is 1. The van der Waals surface area contributed by atoms with Gasteiger partial charge in [0, 0.05) is 23.0 Å². The molecule has 1 unspecified atom stereocenters. The molecule has 0 N–H and O–H groups in total. The Hall–Kier alpha value is -2.59.